The van der Waals surface area contributed by atoms with Crippen LogP contribution in [0, 0.1) is 12.7 Å². The summed E-state index contributed by atoms with van der Waals surface area (Å²) in [4.78, 5) is 15.0. The summed E-state index contributed by atoms with van der Waals surface area (Å²) in [5, 5.41) is 13.0. The third kappa shape index (κ3) is 3.96. The van der Waals surface area contributed by atoms with Gasteiger partial charge in [-0.3, -0.25) is 9.69 Å². The molecule has 0 unspecified atom stereocenters. The van der Waals surface area contributed by atoms with Crippen LogP contribution >= 0.6 is 11.8 Å². The first-order chi connectivity index (χ1) is 13.1. The molecule has 1 aromatic heterocycles. The number of amides is 1. The van der Waals surface area contributed by atoms with Crippen molar-refractivity contribution in [3.05, 3.63) is 52.8 Å². The number of rotatable bonds is 4. The van der Waals surface area contributed by atoms with Crippen molar-refractivity contribution >= 4 is 34.4 Å². The lowest BCUT2D eigenvalue weighted by molar-refractivity contribution is 0.102. The molecule has 0 aliphatic carbocycles. The fourth-order valence-electron chi connectivity index (χ4n) is 3.21. The molecule has 0 spiro atoms. The zero-order chi connectivity index (χ0) is 18.8. The number of hydrogen-bond donors (Lipinski definition) is 2. The smallest absolute Gasteiger partial charge is 0.258 e. The van der Waals surface area contributed by atoms with E-state index in [1.165, 1.54) is 29.2 Å². The maximum atomic E-state index is 14.2. The number of carbonyl (C=O) groups is 1. The monoisotopic (exact) mass is 385 g/mol. The van der Waals surface area contributed by atoms with Gasteiger partial charge in [-0.15, -0.1) is 0 Å². The number of aromatic nitrogens is 3. The molecular formula is C19H20FN5OS. The molecule has 6 nitrogen and oxygen atoms in total. The van der Waals surface area contributed by atoms with Crippen LogP contribution in [0.15, 0.2) is 30.3 Å². The zero-order valence-corrected chi connectivity index (χ0v) is 15.8. The highest BCUT2D eigenvalue weighted by atomic mass is 32.2. The van der Waals surface area contributed by atoms with Crippen molar-refractivity contribution in [1.82, 2.24) is 20.3 Å². The second kappa shape index (κ2) is 7.66. The van der Waals surface area contributed by atoms with E-state index in [0.29, 0.717) is 16.7 Å². The Morgan fingerprint density at radius 3 is 2.70 bits per heavy atom. The number of H-pyrrole nitrogens is 1. The van der Waals surface area contributed by atoms with Crippen molar-refractivity contribution in [2.45, 2.75) is 13.5 Å². The number of anilines is 1. The number of aromatic amines is 1. The molecule has 0 bridgehead atoms. The summed E-state index contributed by atoms with van der Waals surface area (Å²) in [5.41, 5.74) is 3.64. The summed E-state index contributed by atoms with van der Waals surface area (Å²) in [6.45, 7) is 5.06. The summed E-state index contributed by atoms with van der Waals surface area (Å²) >= 11 is 1.99. The van der Waals surface area contributed by atoms with Gasteiger partial charge in [0.15, 0.2) is 0 Å². The highest BCUT2D eigenvalue weighted by Gasteiger charge is 2.16. The number of aryl methyl sites for hydroxylation is 1. The fraction of sp³-hybridized carbons (Fsp3) is 0.316. The van der Waals surface area contributed by atoms with Crippen molar-refractivity contribution < 1.29 is 9.18 Å². The van der Waals surface area contributed by atoms with Gasteiger partial charge in [0.05, 0.1) is 5.56 Å². The first kappa shape index (κ1) is 17.9. The Bertz CT molecular complexity index is 983. The minimum atomic E-state index is -0.619. The molecule has 1 aliphatic heterocycles. The molecule has 2 heterocycles. The zero-order valence-electron chi connectivity index (χ0n) is 15.0. The molecule has 3 aromatic rings. The van der Waals surface area contributed by atoms with Gasteiger partial charge in [-0.2, -0.15) is 27.2 Å². The van der Waals surface area contributed by atoms with Gasteiger partial charge in [0.1, 0.15) is 16.9 Å². The second-order valence-electron chi connectivity index (χ2n) is 6.64. The molecule has 8 heteroatoms. The Morgan fingerprint density at radius 2 is 1.96 bits per heavy atom. The fourth-order valence-corrected chi connectivity index (χ4v) is 4.19. The Kier molecular flexibility index (Phi) is 5.09. The summed E-state index contributed by atoms with van der Waals surface area (Å²) in [7, 11) is 0. The molecule has 1 fully saturated rings. The lowest BCUT2D eigenvalue weighted by Crippen LogP contribution is -2.31. The van der Waals surface area contributed by atoms with E-state index in [4.69, 9.17) is 0 Å². The second-order valence-corrected chi connectivity index (χ2v) is 7.86. The van der Waals surface area contributed by atoms with E-state index in [-0.39, 0.29) is 5.56 Å². The van der Waals surface area contributed by atoms with Crippen LogP contribution in [0.4, 0.5) is 10.1 Å². The quantitative estimate of drug-likeness (QED) is 0.721. The number of fused-ring (bicyclic) bond motifs is 1. The predicted octanol–water partition coefficient (Wildman–Crippen LogP) is 3.21. The van der Waals surface area contributed by atoms with Gasteiger partial charge in [-0.05, 0) is 30.2 Å². The molecule has 1 aliphatic rings. The number of thioether (sulfide) groups is 1. The number of nitrogens with zero attached hydrogens (tertiary/aromatic N) is 3. The molecule has 4 rings (SSSR count). The molecule has 1 saturated heterocycles. The van der Waals surface area contributed by atoms with E-state index < -0.39 is 11.7 Å². The molecule has 0 atom stereocenters. The molecule has 0 saturated carbocycles. The van der Waals surface area contributed by atoms with Crippen LogP contribution in [0.5, 0.6) is 0 Å². The average Bonchev–Trinajstić information content (AvgIpc) is 3.11. The van der Waals surface area contributed by atoms with E-state index in [0.717, 1.165) is 25.2 Å². The minimum absolute atomic E-state index is 0.0503. The highest BCUT2D eigenvalue weighted by molar-refractivity contribution is 7.99. The van der Waals surface area contributed by atoms with E-state index in [9.17, 15) is 9.18 Å². The molecular weight excluding hydrogens is 365 g/mol. The van der Waals surface area contributed by atoms with Crippen LogP contribution in [-0.2, 0) is 6.54 Å². The first-order valence-corrected chi connectivity index (χ1v) is 9.96. The summed E-state index contributed by atoms with van der Waals surface area (Å²) in [5.74, 6) is 1.23. The Labute approximate surface area is 160 Å². The van der Waals surface area contributed by atoms with Crippen molar-refractivity contribution in [1.29, 1.82) is 0 Å². The van der Waals surface area contributed by atoms with E-state index in [1.807, 2.05) is 30.8 Å². The number of benzene rings is 2. The lowest BCUT2D eigenvalue weighted by atomic mass is 10.1. The van der Waals surface area contributed by atoms with Gasteiger partial charge < -0.3 is 5.32 Å². The maximum absolute atomic E-state index is 14.2. The number of halogens is 1. The molecule has 140 valence electrons. The van der Waals surface area contributed by atoms with Gasteiger partial charge >= 0.3 is 0 Å². The Hall–Kier alpha value is -2.45. The summed E-state index contributed by atoms with van der Waals surface area (Å²) < 4.78 is 14.2. The lowest BCUT2D eigenvalue weighted by Gasteiger charge is -2.26. The van der Waals surface area contributed by atoms with Gasteiger partial charge in [-0.1, -0.05) is 12.1 Å². The normalized spacial score (nSPS) is 15.2. The van der Waals surface area contributed by atoms with Crippen molar-refractivity contribution in [3.8, 4) is 0 Å². The molecule has 2 N–H and O–H groups in total. The van der Waals surface area contributed by atoms with Crippen molar-refractivity contribution in [2.24, 2.45) is 0 Å². The first-order valence-electron chi connectivity index (χ1n) is 8.81. The van der Waals surface area contributed by atoms with Crippen molar-refractivity contribution in [3.63, 3.8) is 0 Å². The predicted molar refractivity (Wildman–Crippen MR) is 106 cm³/mol. The van der Waals surface area contributed by atoms with Crippen LogP contribution in [-0.4, -0.2) is 50.8 Å². The third-order valence-corrected chi connectivity index (χ3v) is 5.64. The third-order valence-electron chi connectivity index (χ3n) is 4.70. The Balaban J connectivity index is 1.49. The maximum Gasteiger partial charge on any atom is 0.258 e. The van der Waals surface area contributed by atoms with Gasteiger partial charge in [0.25, 0.3) is 5.91 Å². The van der Waals surface area contributed by atoms with Gasteiger partial charge in [0, 0.05) is 42.9 Å². The highest BCUT2D eigenvalue weighted by Crippen LogP contribution is 2.22. The number of nitrogens with one attached hydrogen (secondary N) is 2. The minimum Gasteiger partial charge on any atom is -0.322 e. The van der Waals surface area contributed by atoms with E-state index in [1.54, 1.807) is 0 Å². The van der Waals surface area contributed by atoms with Crippen LogP contribution < -0.4 is 5.32 Å². The largest absolute Gasteiger partial charge is 0.322 e. The van der Waals surface area contributed by atoms with Gasteiger partial charge in [0.2, 0.25) is 0 Å². The molecule has 2 aromatic carbocycles. The molecule has 27 heavy (non-hydrogen) atoms. The topological polar surface area (TPSA) is 73.9 Å². The number of hydrogen-bond acceptors (Lipinski definition) is 5. The van der Waals surface area contributed by atoms with E-state index in [2.05, 4.69) is 31.7 Å². The molecule has 0 radical (unpaired) electrons. The number of carbonyl (C=O) groups excluding carboxylic acids is 1. The van der Waals surface area contributed by atoms with Crippen molar-refractivity contribution in [2.75, 3.05) is 29.9 Å². The average molecular weight is 385 g/mol. The van der Waals surface area contributed by atoms with Crippen LogP contribution in [0.2, 0.25) is 0 Å². The molecule has 1 amide bonds. The summed E-state index contributed by atoms with van der Waals surface area (Å²) in [6, 6.07) is 8.59. The van der Waals surface area contributed by atoms with Gasteiger partial charge in [-0.25, -0.2) is 4.39 Å². The van der Waals surface area contributed by atoms with Crippen LogP contribution in [0.25, 0.3) is 11.0 Å². The van der Waals surface area contributed by atoms with Crippen LogP contribution in [0.1, 0.15) is 21.5 Å². The summed E-state index contributed by atoms with van der Waals surface area (Å²) in [6.07, 6.45) is 0. The van der Waals surface area contributed by atoms with Crippen LogP contribution in [0.3, 0.4) is 0 Å². The standard InChI is InChI=1S/C19H20FN5OS/c1-12-8-13(11-25-4-6-27-7-5-25)2-3-16(12)21-19(26)14-9-17-18(10-15(14)20)23-24-22-17/h2-3,8-10H,4-7,11H2,1H3,(H,21,26)(H,22,23,24). The Morgan fingerprint density at radius 1 is 1.22 bits per heavy atom. The van der Waals surface area contributed by atoms with E-state index >= 15 is 0 Å². The SMILES string of the molecule is Cc1cc(CN2CCSCC2)ccc1NC(=O)c1cc2n[nH]nc2cc1F.